The molecule has 0 radical (unpaired) electrons. The number of piperidine rings is 1. The molecule has 1 saturated carbocycles. The number of ether oxygens (including phenoxy) is 1. The molecule has 3 aliphatic rings. The molecule has 4 rings (SSSR count). The third-order valence-electron chi connectivity index (χ3n) is 5.77. The fourth-order valence-corrected chi connectivity index (χ4v) is 4.18. The van der Waals surface area contributed by atoms with Crippen LogP contribution in [0.4, 0.5) is 5.82 Å². The van der Waals surface area contributed by atoms with Crippen molar-refractivity contribution in [2.24, 2.45) is 0 Å². The van der Waals surface area contributed by atoms with E-state index < -0.39 is 6.10 Å². The molecule has 2 aliphatic heterocycles. The molecule has 1 aliphatic carbocycles. The number of nitrogens with zero attached hydrogens (tertiary/aromatic N) is 3. The summed E-state index contributed by atoms with van der Waals surface area (Å²) < 4.78 is 6.75. The predicted molar refractivity (Wildman–Crippen MR) is 95.0 cm³/mol. The van der Waals surface area contributed by atoms with Gasteiger partial charge in [0, 0.05) is 25.2 Å². The number of aliphatic hydroxyl groups excluding tert-OH is 1. The zero-order chi connectivity index (χ0) is 17.2. The molecule has 138 valence electrons. The van der Waals surface area contributed by atoms with E-state index in [9.17, 15) is 9.90 Å². The van der Waals surface area contributed by atoms with Crippen molar-refractivity contribution < 1.29 is 9.84 Å². The molecule has 3 atom stereocenters. The van der Waals surface area contributed by atoms with Crippen LogP contribution in [0.2, 0.25) is 0 Å². The standard InChI is InChI=1S/C18H28N4O3/c23-16-6-3-5-15(16)22-18(24)8-7-17(20-22)21-9-2-1-4-14(21)10-19-13-11-25-12-13/h7-8,13-16,19,23H,1-6,9-12H2. The van der Waals surface area contributed by atoms with Gasteiger partial charge in [-0.2, -0.15) is 5.10 Å². The zero-order valence-electron chi connectivity index (χ0n) is 14.6. The molecule has 0 bridgehead atoms. The lowest BCUT2D eigenvalue weighted by molar-refractivity contribution is -0.00569. The average molecular weight is 348 g/mol. The Labute approximate surface area is 148 Å². The molecule has 3 heterocycles. The van der Waals surface area contributed by atoms with Crippen molar-refractivity contribution in [2.75, 3.05) is 31.2 Å². The van der Waals surface area contributed by atoms with Gasteiger partial charge in [-0.1, -0.05) is 0 Å². The number of hydrogen-bond acceptors (Lipinski definition) is 6. The summed E-state index contributed by atoms with van der Waals surface area (Å²) in [5, 5.41) is 18.4. The van der Waals surface area contributed by atoms with E-state index in [-0.39, 0.29) is 11.6 Å². The number of nitrogens with one attached hydrogen (secondary N) is 1. The summed E-state index contributed by atoms with van der Waals surface area (Å²) in [6, 6.07) is 4.12. The van der Waals surface area contributed by atoms with Crippen LogP contribution in [0.25, 0.3) is 0 Å². The minimum Gasteiger partial charge on any atom is -0.391 e. The van der Waals surface area contributed by atoms with E-state index in [1.165, 1.54) is 11.1 Å². The van der Waals surface area contributed by atoms with Gasteiger partial charge in [-0.05, 0) is 44.6 Å². The maximum Gasteiger partial charge on any atom is 0.267 e. The quantitative estimate of drug-likeness (QED) is 0.814. The van der Waals surface area contributed by atoms with E-state index in [0.29, 0.717) is 12.1 Å². The first-order valence-electron chi connectivity index (χ1n) is 9.58. The van der Waals surface area contributed by atoms with Crippen LogP contribution in [0, 0.1) is 0 Å². The number of hydrogen-bond donors (Lipinski definition) is 2. The summed E-state index contributed by atoms with van der Waals surface area (Å²) in [7, 11) is 0. The van der Waals surface area contributed by atoms with Crippen LogP contribution in [-0.2, 0) is 4.74 Å². The van der Waals surface area contributed by atoms with Crippen LogP contribution < -0.4 is 15.8 Å². The normalized spacial score (nSPS) is 30.4. The fraction of sp³-hybridized carbons (Fsp3) is 0.778. The largest absolute Gasteiger partial charge is 0.391 e. The fourth-order valence-electron chi connectivity index (χ4n) is 4.18. The molecule has 25 heavy (non-hydrogen) atoms. The minimum absolute atomic E-state index is 0.118. The van der Waals surface area contributed by atoms with Crippen LogP contribution >= 0.6 is 0 Å². The zero-order valence-corrected chi connectivity index (χ0v) is 14.6. The monoisotopic (exact) mass is 348 g/mol. The van der Waals surface area contributed by atoms with Crippen LogP contribution in [0.5, 0.6) is 0 Å². The molecule has 0 spiro atoms. The van der Waals surface area contributed by atoms with E-state index in [0.717, 1.165) is 64.2 Å². The van der Waals surface area contributed by atoms with Crippen molar-refractivity contribution >= 4 is 5.82 Å². The Morgan fingerprint density at radius 1 is 1.20 bits per heavy atom. The van der Waals surface area contributed by atoms with Gasteiger partial charge < -0.3 is 20.1 Å². The van der Waals surface area contributed by atoms with Gasteiger partial charge in [-0.15, -0.1) is 0 Å². The lowest BCUT2D eigenvalue weighted by atomic mass is 10.0. The molecule has 7 heteroatoms. The summed E-state index contributed by atoms with van der Waals surface area (Å²) >= 11 is 0. The molecular formula is C18H28N4O3. The van der Waals surface area contributed by atoms with Gasteiger partial charge in [0.25, 0.3) is 5.56 Å². The van der Waals surface area contributed by atoms with Crippen molar-refractivity contribution in [1.29, 1.82) is 0 Å². The first-order chi connectivity index (χ1) is 12.2. The molecule has 3 unspecified atom stereocenters. The maximum absolute atomic E-state index is 12.3. The SMILES string of the molecule is O=c1ccc(N2CCCCC2CNC2COC2)nn1C1CCCC1O. The molecule has 2 saturated heterocycles. The highest BCUT2D eigenvalue weighted by Crippen LogP contribution is 2.29. The maximum atomic E-state index is 12.3. The molecule has 1 aromatic rings. The van der Waals surface area contributed by atoms with Crippen molar-refractivity contribution in [3.8, 4) is 0 Å². The molecule has 0 aromatic carbocycles. The van der Waals surface area contributed by atoms with Crippen molar-refractivity contribution in [3.63, 3.8) is 0 Å². The van der Waals surface area contributed by atoms with Crippen LogP contribution in [-0.4, -0.2) is 59.4 Å². The van der Waals surface area contributed by atoms with E-state index in [4.69, 9.17) is 4.74 Å². The van der Waals surface area contributed by atoms with E-state index in [1.54, 1.807) is 6.07 Å². The number of anilines is 1. The van der Waals surface area contributed by atoms with Gasteiger partial charge in [-0.3, -0.25) is 4.79 Å². The average Bonchev–Trinajstić information content (AvgIpc) is 3.00. The van der Waals surface area contributed by atoms with Gasteiger partial charge in [0.05, 0.1) is 31.4 Å². The van der Waals surface area contributed by atoms with Crippen molar-refractivity contribution in [3.05, 3.63) is 22.5 Å². The van der Waals surface area contributed by atoms with E-state index in [2.05, 4.69) is 15.3 Å². The third kappa shape index (κ3) is 3.59. The Hall–Kier alpha value is -1.44. The topological polar surface area (TPSA) is 79.6 Å². The third-order valence-corrected chi connectivity index (χ3v) is 5.77. The lowest BCUT2D eigenvalue weighted by Gasteiger charge is -2.38. The number of aromatic nitrogens is 2. The Kier molecular flexibility index (Phi) is 5.05. The van der Waals surface area contributed by atoms with Crippen molar-refractivity contribution in [1.82, 2.24) is 15.1 Å². The van der Waals surface area contributed by atoms with Gasteiger partial charge in [0.2, 0.25) is 0 Å². The van der Waals surface area contributed by atoms with Gasteiger partial charge in [-0.25, -0.2) is 4.68 Å². The molecule has 3 fully saturated rings. The summed E-state index contributed by atoms with van der Waals surface area (Å²) in [5.74, 6) is 0.857. The number of rotatable bonds is 5. The second-order valence-electron chi connectivity index (χ2n) is 7.53. The Morgan fingerprint density at radius 2 is 2.08 bits per heavy atom. The second-order valence-corrected chi connectivity index (χ2v) is 7.53. The Morgan fingerprint density at radius 3 is 2.80 bits per heavy atom. The first kappa shape index (κ1) is 17.0. The Bertz CT molecular complexity index is 645. The van der Waals surface area contributed by atoms with Crippen molar-refractivity contribution in [2.45, 2.75) is 62.8 Å². The summed E-state index contributed by atoms with van der Waals surface area (Å²) in [6.07, 6.45) is 5.57. The predicted octanol–water partition coefficient (Wildman–Crippen LogP) is 0.677. The van der Waals surface area contributed by atoms with E-state index in [1.807, 2.05) is 6.07 Å². The smallest absolute Gasteiger partial charge is 0.267 e. The number of aliphatic hydroxyl groups is 1. The van der Waals surface area contributed by atoms with Crippen LogP contribution in [0.1, 0.15) is 44.6 Å². The highest BCUT2D eigenvalue weighted by atomic mass is 16.5. The highest BCUT2D eigenvalue weighted by molar-refractivity contribution is 5.39. The van der Waals surface area contributed by atoms with E-state index >= 15 is 0 Å². The van der Waals surface area contributed by atoms with Gasteiger partial charge in [0.1, 0.15) is 5.82 Å². The second kappa shape index (κ2) is 7.43. The molecule has 2 N–H and O–H groups in total. The highest BCUT2D eigenvalue weighted by Gasteiger charge is 2.30. The molecule has 7 nitrogen and oxygen atoms in total. The van der Waals surface area contributed by atoms with Gasteiger partial charge >= 0.3 is 0 Å². The molecular weight excluding hydrogens is 320 g/mol. The van der Waals surface area contributed by atoms with Crippen LogP contribution in [0.15, 0.2) is 16.9 Å². The summed E-state index contributed by atoms with van der Waals surface area (Å²) in [6.45, 7) is 3.48. The molecule has 1 aromatic heterocycles. The van der Waals surface area contributed by atoms with Gasteiger partial charge in [0.15, 0.2) is 0 Å². The first-order valence-corrected chi connectivity index (χ1v) is 9.58. The molecule has 0 amide bonds. The minimum atomic E-state index is -0.460. The summed E-state index contributed by atoms with van der Waals surface area (Å²) in [4.78, 5) is 14.6. The summed E-state index contributed by atoms with van der Waals surface area (Å²) in [5.41, 5.74) is -0.118. The lowest BCUT2D eigenvalue weighted by Crippen LogP contribution is -2.53. The van der Waals surface area contributed by atoms with Crippen LogP contribution in [0.3, 0.4) is 0 Å². The Balaban J connectivity index is 1.52.